The summed E-state index contributed by atoms with van der Waals surface area (Å²) in [6, 6.07) is 3.72. The highest BCUT2D eigenvalue weighted by atomic mass is 19.3. The van der Waals surface area contributed by atoms with Crippen molar-refractivity contribution in [1.29, 1.82) is 0 Å². The van der Waals surface area contributed by atoms with Crippen molar-refractivity contribution in [2.24, 2.45) is 5.10 Å². The van der Waals surface area contributed by atoms with Gasteiger partial charge in [-0.25, -0.2) is 14.2 Å². The number of allylic oxidation sites excluding steroid dienone is 2. The minimum Gasteiger partial charge on any atom is -0.483 e. The number of halogens is 2. The molecule has 1 aromatic rings. The number of hydrazone groups is 1. The predicted molar refractivity (Wildman–Crippen MR) is 111 cm³/mol. The van der Waals surface area contributed by atoms with Gasteiger partial charge >= 0.3 is 0 Å². The van der Waals surface area contributed by atoms with E-state index in [-0.39, 0.29) is 31.4 Å². The molecular formula is C22H26F2N4O2. The first-order valence-corrected chi connectivity index (χ1v) is 10.7. The number of nitrogens with zero attached hydrogens (tertiary/aromatic N) is 2. The summed E-state index contributed by atoms with van der Waals surface area (Å²) in [5, 5.41) is 7.56. The number of benzene rings is 1. The van der Waals surface area contributed by atoms with Crippen molar-refractivity contribution in [3.05, 3.63) is 29.3 Å². The molecule has 0 unspecified atom stereocenters. The third-order valence-electron chi connectivity index (χ3n) is 6.62. The van der Waals surface area contributed by atoms with Crippen LogP contribution in [-0.4, -0.2) is 43.4 Å². The molecule has 5 rings (SSSR count). The number of nitrogens with one attached hydrogen (secondary N) is 2. The quantitative estimate of drug-likeness (QED) is 0.776. The van der Waals surface area contributed by atoms with Crippen molar-refractivity contribution in [1.82, 2.24) is 10.7 Å². The van der Waals surface area contributed by atoms with Crippen LogP contribution in [0.5, 0.6) is 5.75 Å². The van der Waals surface area contributed by atoms with E-state index in [1.54, 1.807) is 6.08 Å². The molecule has 3 heterocycles. The molecule has 8 heteroatoms. The van der Waals surface area contributed by atoms with E-state index in [9.17, 15) is 13.6 Å². The number of amides is 1. The molecule has 1 aliphatic carbocycles. The Morgan fingerprint density at radius 2 is 2.07 bits per heavy atom. The zero-order valence-electron chi connectivity index (χ0n) is 17.0. The maximum atomic E-state index is 13.8. The zero-order chi connectivity index (χ0) is 20.9. The van der Waals surface area contributed by atoms with Crippen LogP contribution in [0.2, 0.25) is 0 Å². The summed E-state index contributed by atoms with van der Waals surface area (Å²) in [4.78, 5) is 14.2. The highest BCUT2D eigenvalue weighted by Gasteiger charge is 2.37. The van der Waals surface area contributed by atoms with Gasteiger partial charge in [0.05, 0.1) is 5.69 Å². The summed E-state index contributed by atoms with van der Waals surface area (Å²) in [6.07, 6.45) is 3.70. The first kappa shape index (κ1) is 19.5. The molecule has 0 aromatic heterocycles. The smallest absolute Gasteiger partial charge is 0.262 e. The minimum absolute atomic E-state index is 0.122. The maximum absolute atomic E-state index is 13.8. The SMILES string of the molecule is C[C@@H]1C(=O)NN=C2COc3cc(C4=CCC(F)(F)CC4)c(C4CCNCC4)cc3N21. The van der Waals surface area contributed by atoms with E-state index in [0.29, 0.717) is 23.9 Å². The molecule has 0 bridgehead atoms. The number of carbonyl (C=O) groups is 1. The lowest BCUT2D eigenvalue weighted by Gasteiger charge is -2.39. The number of alkyl halides is 2. The molecule has 0 radical (unpaired) electrons. The Morgan fingerprint density at radius 3 is 2.80 bits per heavy atom. The van der Waals surface area contributed by atoms with Crippen molar-refractivity contribution in [2.45, 2.75) is 56.9 Å². The second-order valence-corrected chi connectivity index (χ2v) is 8.56. The first-order valence-electron chi connectivity index (χ1n) is 10.7. The number of hydrogen-bond acceptors (Lipinski definition) is 5. The number of fused-ring (bicyclic) bond motifs is 3. The third kappa shape index (κ3) is 3.37. The van der Waals surface area contributed by atoms with Crippen LogP contribution < -0.4 is 20.4 Å². The minimum atomic E-state index is -2.62. The van der Waals surface area contributed by atoms with Gasteiger partial charge < -0.3 is 15.0 Å². The fourth-order valence-electron chi connectivity index (χ4n) is 4.88. The molecule has 30 heavy (non-hydrogen) atoms. The van der Waals surface area contributed by atoms with E-state index in [0.717, 1.165) is 48.3 Å². The van der Waals surface area contributed by atoms with E-state index >= 15 is 0 Å². The van der Waals surface area contributed by atoms with Crippen LogP contribution >= 0.6 is 0 Å². The lowest BCUT2D eigenvalue weighted by atomic mass is 9.81. The van der Waals surface area contributed by atoms with Crippen molar-refractivity contribution < 1.29 is 18.3 Å². The van der Waals surface area contributed by atoms with E-state index in [4.69, 9.17) is 4.74 Å². The number of hydrogen-bond donors (Lipinski definition) is 2. The molecule has 1 atom stereocenters. The number of amidine groups is 1. The van der Waals surface area contributed by atoms with Crippen molar-refractivity contribution in [3.63, 3.8) is 0 Å². The lowest BCUT2D eigenvalue weighted by Crippen LogP contribution is -2.55. The van der Waals surface area contributed by atoms with Gasteiger partial charge in [0.2, 0.25) is 0 Å². The molecule has 1 saturated heterocycles. The summed E-state index contributed by atoms with van der Waals surface area (Å²) in [7, 11) is 0. The summed E-state index contributed by atoms with van der Waals surface area (Å²) < 4.78 is 33.5. The Hall–Kier alpha value is -2.48. The molecular weight excluding hydrogens is 390 g/mol. The summed E-state index contributed by atoms with van der Waals surface area (Å²) >= 11 is 0. The van der Waals surface area contributed by atoms with Crippen molar-refractivity contribution in [3.8, 4) is 5.75 Å². The summed E-state index contributed by atoms with van der Waals surface area (Å²) in [6.45, 7) is 3.98. The number of ether oxygens (including phenoxy) is 1. The molecule has 0 saturated carbocycles. The van der Waals surface area contributed by atoms with Crippen molar-refractivity contribution >= 4 is 23.0 Å². The average molecular weight is 416 g/mol. The van der Waals surface area contributed by atoms with E-state index in [1.165, 1.54) is 0 Å². The largest absolute Gasteiger partial charge is 0.483 e. The van der Waals surface area contributed by atoms with Crippen LogP contribution in [0, 0.1) is 0 Å². The van der Waals surface area contributed by atoms with Crippen molar-refractivity contribution in [2.75, 3.05) is 24.6 Å². The molecule has 1 amide bonds. The van der Waals surface area contributed by atoms with Crippen LogP contribution in [0.15, 0.2) is 23.3 Å². The maximum Gasteiger partial charge on any atom is 0.262 e. The summed E-state index contributed by atoms with van der Waals surface area (Å²) in [5.41, 5.74) is 6.54. The summed E-state index contributed by atoms with van der Waals surface area (Å²) in [5.74, 6) is -1.08. The van der Waals surface area contributed by atoms with Gasteiger partial charge in [0.25, 0.3) is 11.8 Å². The van der Waals surface area contributed by atoms with Gasteiger partial charge in [-0.15, -0.1) is 0 Å². The Bertz CT molecular complexity index is 937. The van der Waals surface area contributed by atoms with Gasteiger partial charge in [0.15, 0.2) is 5.84 Å². The predicted octanol–water partition coefficient (Wildman–Crippen LogP) is 3.39. The standard InChI is InChI=1S/C22H26F2N4O2/c1-13-21(29)27-26-20-12-30-19-11-17(14-2-6-22(23,24)7-3-14)16(10-18(19)28(13)20)15-4-8-25-9-5-15/h2,10-11,13,15,25H,3-9,12H2,1H3,(H,27,29)/t13-/m1/s1. The lowest BCUT2D eigenvalue weighted by molar-refractivity contribution is -0.122. The second-order valence-electron chi connectivity index (χ2n) is 8.56. The van der Waals surface area contributed by atoms with E-state index in [2.05, 4.69) is 21.9 Å². The Morgan fingerprint density at radius 1 is 1.27 bits per heavy atom. The molecule has 6 nitrogen and oxygen atoms in total. The van der Waals surface area contributed by atoms with E-state index in [1.807, 2.05) is 17.9 Å². The van der Waals surface area contributed by atoms with Crippen LogP contribution in [-0.2, 0) is 4.79 Å². The third-order valence-corrected chi connectivity index (χ3v) is 6.62. The Balaban J connectivity index is 1.62. The average Bonchev–Trinajstić information content (AvgIpc) is 2.76. The van der Waals surface area contributed by atoms with Gasteiger partial charge in [0, 0.05) is 12.8 Å². The molecule has 3 aliphatic heterocycles. The fourth-order valence-corrected chi connectivity index (χ4v) is 4.88. The molecule has 4 aliphatic rings. The topological polar surface area (TPSA) is 66.0 Å². The van der Waals surface area contributed by atoms with Crippen LogP contribution in [0.4, 0.5) is 14.5 Å². The highest BCUT2D eigenvalue weighted by molar-refractivity contribution is 6.09. The van der Waals surface area contributed by atoms with Gasteiger partial charge in [-0.05, 0) is 74.0 Å². The molecule has 160 valence electrons. The highest BCUT2D eigenvalue weighted by Crippen LogP contribution is 2.45. The van der Waals surface area contributed by atoms with E-state index < -0.39 is 5.92 Å². The number of anilines is 1. The monoisotopic (exact) mass is 416 g/mol. The van der Waals surface area contributed by atoms with Gasteiger partial charge in [0.1, 0.15) is 18.4 Å². The number of rotatable bonds is 2. The molecule has 2 N–H and O–H groups in total. The molecule has 0 spiro atoms. The fraction of sp³-hybridized carbons (Fsp3) is 0.545. The Labute approximate surface area is 174 Å². The molecule has 1 fully saturated rings. The van der Waals surface area contributed by atoms with Gasteiger partial charge in [-0.3, -0.25) is 4.79 Å². The van der Waals surface area contributed by atoms with Gasteiger partial charge in [-0.1, -0.05) is 6.08 Å². The van der Waals surface area contributed by atoms with Crippen LogP contribution in [0.3, 0.4) is 0 Å². The Kier molecular flexibility index (Phi) is 4.76. The van der Waals surface area contributed by atoms with Gasteiger partial charge in [-0.2, -0.15) is 5.10 Å². The second kappa shape index (κ2) is 7.34. The number of piperidine rings is 1. The zero-order valence-corrected chi connectivity index (χ0v) is 17.0. The normalized spacial score (nSPS) is 26.0. The number of carbonyl (C=O) groups excluding carboxylic acids is 1. The van der Waals surface area contributed by atoms with Crippen LogP contribution in [0.25, 0.3) is 5.57 Å². The first-order chi connectivity index (χ1) is 14.4. The molecule has 1 aromatic carbocycles. The van der Waals surface area contributed by atoms with Crippen LogP contribution in [0.1, 0.15) is 56.1 Å².